The van der Waals surface area contributed by atoms with Crippen molar-refractivity contribution in [2.24, 2.45) is 0 Å². The van der Waals surface area contributed by atoms with Crippen LogP contribution in [-0.2, 0) is 4.79 Å². The number of aromatic amines is 1. The summed E-state index contributed by atoms with van der Waals surface area (Å²) in [6.45, 7) is 1.65. The van der Waals surface area contributed by atoms with E-state index in [1.54, 1.807) is 13.0 Å². The first kappa shape index (κ1) is 12.7. The van der Waals surface area contributed by atoms with Gasteiger partial charge in [-0.1, -0.05) is 11.2 Å². The number of carbonyl (C=O) groups is 1. The molecule has 2 N–H and O–H groups in total. The minimum Gasteiger partial charge on any atom is -0.481 e. The molecule has 1 aromatic carbocycles. The number of amides is 1. The number of H-pyrrole nitrogens is 1. The molecular weight excluding hydrogens is 349 g/mol. The largest absolute Gasteiger partial charge is 0.481 e. The molecule has 1 atom stereocenters. The number of anilines is 1. The summed E-state index contributed by atoms with van der Waals surface area (Å²) in [5.41, 5.74) is 0. The zero-order chi connectivity index (χ0) is 13.0. The maximum Gasteiger partial charge on any atom is 0.269 e. The van der Waals surface area contributed by atoms with E-state index in [2.05, 4.69) is 48.5 Å². The molecule has 1 amide bonds. The van der Waals surface area contributed by atoms with E-state index >= 15 is 0 Å². The number of ether oxygens (including phenoxy) is 1. The summed E-state index contributed by atoms with van der Waals surface area (Å²) in [5.74, 6) is 0.422. The normalized spacial score (nSPS) is 11.9. The van der Waals surface area contributed by atoms with E-state index < -0.39 is 6.10 Å². The molecule has 94 valence electrons. The first-order chi connectivity index (χ1) is 8.65. The molecule has 0 aliphatic carbocycles. The Labute approximate surface area is 116 Å². The molecule has 0 aliphatic heterocycles. The molecule has 0 aliphatic rings. The van der Waals surface area contributed by atoms with Crippen LogP contribution in [0.5, 0.6) is 5.75 Å². The molecule has 18 heavy (non-hydrogen) atoms. The number of rotatable bonds is 4. The molecule has 2 aromatic rings. The third-order valence-electron chi connectivity index (χ3n) is 2.06. The van der Waals surface area contributed by atoms with Gasteiger partial charge in [-0.15, -0.1) is 5.10 Å². The predicted molar refractivity (Wildman–Crippen MR) is 72.1 cm³/mol. The van der Waals surface area contributed by atoms with Crippen molar-refractivity contribution >= 4 is 34.4 Å². The van der Waals surface area contributed by atoms with Gasteiger partial charge in [-0.05, 0) is 52.9 Å². The summed E-state index contributed by atoms with van der Waals surface area (Å²) in [4.78, 5) is 11.7. The van der Waals surface area contributed by atoms with Gasteiger partial charge in [-0.3, -0.25) is 10.1 Å². The first-order valence-corrected chi connectivity index (χ1v) is 6.19. The third-order valence-corrected chi connectivity index (χ3v) is 2.73. The van der Waals surface area contributed by atoms with Gasteiger partial charge in [0.25, 0.3) is 11.9 Å². The summed E-state index contributed by atoms with van der Waals surface area (Å²) >= 11 is 2.17. The van der Waals surface area contributed by atoms with Gasteiger partial charge in [0, 0.05) is 3.57 Å². The predicted octanol–water partition coefficient (Wildman–Crippen LogP) is 1.21. The smallest absolute Gasteiger partial charge is 0.269 e. The monoisotopic (exact) mass is 359 g/mol. The lowest BCUT2D eigenvalue weighted by atomic mass is 10.3. The molecule has 0 spiro atoms. The number of nitrogens with zero attached hydrogens (tertiary/aromatic N) is 3. The molecule has 0 bridgehead atoms. The van der Waals surface area contributed by atoms with Crippen molar-refractivity contribution in [2.75, 3.05) is 5.32 Å². The van der Waals surface area contributed by atoms with Gasteiger partial charge in [0.05, 0.1) is 0 Å². The highest BCUT2D eigenvalue weighted by Gasteiger charge is 2.16. The molecule has 1 unspecified atom stereocenters. The van der Waals surface area contributed by atoms with E-state index in [0.717, 1.165) is 3.57 Å². The number of halogens is 1. The quantitative estimate of drug-likeness (QED) is 0.801. The van der Waals surface area contributed by atoms with Crippen molar-refractivity contribution in [3.05, 3.63) is 27.8 Å². The van der Waals surface area contributed by atoms with E-state index in [0.29, 0.717) is 5.75 Å². The summed E-state index contributed by atoms with van der Waals surface area (Å²) in [6.07, 6.45) is -0.651. The average molecular weight is 359 g/mol. The molecule has 1 heterocycles. The van der Waals surface area contributed by atoms with Crippen LogP contribution in [0, 0.1) is 3.57 Å². The van der Waals surface area contributed by atoms with Crippen molar-refractivity contribution in [3.63, 3.8) is 0 Å². The fourth-order valence-electron chi connectivity index (χ4n) is 1.22. The maximum absolute atomic E-state index is 11.7. The van der Waals surface area contributed by atoms with Crippen LogP contribution in [0.1, 0.15) is 6.92 Å². The summed E-state index contributed by atoms with van der Waals surface area (Å²) in [6, 6.07) is 7.44. The zero-order valence-electron chi connectivity index (χ0n) is 9.42. The minimum absolute atomic E-state index is 0.123. The molecule has 8 heteroatoms. The second kappa shape index (κ2) is 5.76. The van der Waals surface area contributed by atoms with Crippen LogP contribution in [0.2, 0.25) is 0 Å². The number of tetrazole rings is 1. The Morgan fingerprint density at radius 3 is 3.06 bits per heavy atom. The molecule has 0 saturated carbocycles. The first-order valence-electron chi connectivity index (χ1n) is 5.11. The molecule has 0 fully saturated rings. The number of carbonyl (C=O) groups excluding carboxylic acids is 1. The number of hydrogen-bond acceptors (Lipinski definition) is 5. The Kier molecular flexibility index (Phi) is 4.07. The van der Waals surface area contributed by atoms with Gasteiger partial charge >= 0.3 is 0 Å². The highest BCUT2D eigenvalue weighted by molar-refractivity contribution is 14.1. The number of aromatic nitrogens is 4. The summed E-state index contributed by atoms with van der Waals surface area (Å²) in [7, 11) is 0. The van der Waals surface area contributed by atoms with Gasteiger partial charge in [-0.25, -0.2) is 0 Å². The van der Waals surface area contributed by atoms with E-state index in [1.165, 1.54) is 0 Å². The molecule has 7 nitrogen and oxygen atoms in total. The average Bonchev–Trinajstić information content (AvgIpc) is 2.81. The zero-order valence-corrected chi connectivity index (χ0v) is 11.6. The SMILES string of the molecule is CC(Oc1cccc(I)c1)C(=O)Nc1nn[nH]n1. The van der Waals surface area contributed by atoms with Crippen LogP contribution < -0.4 is 10.1 Å². The van der Waals surface area contributed by atoms with Crippen LogP contribution in [0.3, 0.4) is 0 Å². The lowest BCUT2D eigenvalue weighted by molar-refractivity contribution is -0.122. The van der Waals surface area contributed by atoms with Crippen molar-refractivity contribution in [1.29, 1.82) is 0 Å². The van der Waals surface area contributed by atoms with Crippen molar-refractivity contribution < 1.29 is 9.53 Å². The molecule has 1 aromatic heterocycles. The Bertz CT molecular complexity index is 531. The lowest BCUT2D eigenvalue weighted by Crippen LogP contribution is -2.30. The van der Waals surface area contributed by atoms with Crippen LogP contribution >= 0.6 is 22.6 Å². The molecule has 2 rings (SSSR count). The Morgan fingerprint density at radius 2 is 2.39 bits per heavy atom. The second-order valence-corrected chi connectivity index (χ2v) is 4.69. The molecule has 0 saturated heterocycles. The Hall–Kier alpha value is -1.71. The lowest BCUT2D eigenvalue weighted by Gasteiger charge is -2.13. The van der Waals surface area contributed by atoms with Crippen molar-refractivity contribution in [3.8, 4) is 5.75 Å². The highest BCUT2D eigenvalue weighted by Crippen LogP contribution is 2.16. The summed E-state index contributed by atoms with van der Waals surface area (Å²) < 4.78 is 6.54. The number of hydrogen-bond donors (Lipinski definition) is 2. The fourth-order valence-corrected chi connectivity index (χ4v) is 1.74. The second-order valence-electron chi connectivity index (χ2n) is 3.44. The third kappa shape index (κ3) is 3.39. The maximum atomic E-state index is 11.7. The van der Waals surface area contributed by atoms with E-state index in [9.17, 15) is 4.79 Å². The van der Waals surface area contributed by atoms with Crippen LogP contribution in [0.25, 0.3) is 0 Å². The highest BCUT2D eigenvalue weighted by atomic mass is 127. The van der Waals surface area contributed by atoms with Gasteiger partial charge in [0.15, 0.2) is 6.10 Å². The Morgan fingerprint density at radius 1 is 1.56 bits per heavy atom. The number of benzene rings is 1. The van der Waals surface area contributed by atoms with E-state index in [4.69, 9.17) is 4.74 Å². The van der Waals surface area contributed by atoms with Gasteiger partial charge in [0.1, 0.15) is 5.75 Å². The summed E-state index contributed by atoms with van der Waals surface area (Å²) in [5, 5.41) is 15.3. The molecule has 0 radical (unpaired) electrons. The van der Waals surface area contributed by atoms with Crippen molar-refractivity contribution in [1.82, 2.24) is 20.6 Å². The van der Waals surface area contributed by atoms with Crippen LogP contribution in [-0.4, -0.2) is 32.6 Å². The fraction of sp³-hybridized carbons (Fsp3) is 0.200. The van der Waals surface area contributed by atoms with Gasteiger partial charge < -0.3 is 4.74 Å². The topological polar surface area (TPSA) is 92.8 Å². The van der Waals surface area contributed by atoms with Crippen LogP contribution in [0.15, 0.2) is 24.3 Å². The molecular formula is C10H10IN5O2. The minimum atomic E-state index is -0.651. The van der Waals surface area contributed by atoms with E-state index in [-0.39, 0.29) is 11.9 Å². The van der Waals surface area contributed by atoms with Gasteiger partial charge in [0.2, 0.25) is 0 Å². The Balaban J connectivity index is 1.95. The number of nitrogens with one attached hydrogen (secondary N) is 2. The van der Waals surface area contributed by atoms with Gasteiger partial charge in [-0.2, -0.15) is 5.21 Å². The standard InChI is InChI=1S/C10H10IN5O2/c1-6(9(17)12-10-13-15-16-14-10)18-8-4-2-3-7(11)5-8/h2-6H,1H3,(H2,12,13,14,15,16,17). The van der Waals surface area contributed by atoms with Crippen molar-refractivity contribution in [2.45, 2.75) is 13.0 Å². The van der Waals surface area contributed by atoms with E-state index in [1.807, 2.05) is 18.2 Å². The van der Waals surface area contributed by atoms with Crippen LogP contribution in [0.4, 0.5) is 5.95 Å².